The van der Waals surface area contributed by atoms with Crippen LogP contribution in [0.5, 0.6) is 0 Å². The molecule has 2 aromatic rings. The third-order valence-electron chi connectivity index (χ3n) is 5.71. The molecule has 3 heterocycles. The van der Waals surface area contributed by atoms with Crippen molar-refractivity contribution in [3.05, 3.63) is 18.6 Å². The van der Waals surface area contributed by atoms with E-state index in [1.54, 1.807) is 6.33 Å². The van der Waals surface area contributed by atoms with Gasteiger partial charge in [-0.15, -0.1) is 0 Å². The third kappa shape index (κ3) is 3.88. The molecule has 6 nitrogen and oxygen atoms in total. The molecule has 3 N–H and O–H groups in total. The SMILES string of the molecule is C[C@@H]1NC[C@H](Nc2ncnc3[nH]ccc23)C[C@@H]1O[Si](C)(C)C(C)(C)C. The molecule has 138 valence electrons. The normalized spacial score (nSPS) is 25.3. The number of fused-ring (bicyclic) bond motifs is 1. The second-order valence-electron chi connectivity index (χ2n) is 8.65. The number of rotatable bonds is 4. The topological polar surface area (TPSA) is 74.9 Å². The zero-order valence-electron chi connectivity index (χ0n) is 16.2. The molecule has 1 aliphatic rings. The van der Waals surface area contributed by atoms with Crippen molar-refractivity contribution < 1.29 is 4.43 Å². The molecule has 1 aliphatic heterocycles. The van der Waals surface area contributed by atoms with Crippen LogP contribution >= 0.6 is 0 Å². The van der Waals surface area contributed by atoms with Crippen LogP contribution in [0.15, 0.2) is 18.6 Å². The van der Waals surface area contributed by atoms with Gasteiger partial charge in [0.2, 0.25) is 0 Å². The van der Waals surface area contributed by atoms with Crippen molar-refractivity contribution >= 4 is 25.2 Å². The molecule has 25 heavy (non-hydrogen) atoms. The van der Waals surface area contributed by atoms with Gasteiger partial charge in [-0.05, 0) is 37.5 Å². The predicted molar refractivity (Wildman–Crippen MR) is 105 cm³/mol. The highest BCUT2D eigenvalue weighted by atomic mass is 28.4. The first kappa shape index (κ1) is 18.4. The van der Waals surface area contributed by atoms with Crippen LogP contribution in [-0.2, 0) is 4.43 Å². The first-order valence-corrected chi connectivity index (χ1v) is 12.0. The smallest absolute Gasteiger partial charge is 0.192 e. The summed E-state index contributed by atoms with van der Waals surface area (Å²) < 4.78 is 6.69. The number of anilines is 1. The van der Waals surface area contributed by atoms with Crippen LogP contribution in [0.4, 0.5) is 5.82 Å². The lowest BCUT2D eigenvalue weighted by Crippen LogP contribution is -2.56. The van der Waals surface area contributed by atoms with E-state index in [2.05, 4.69) is 66.4 Å². The van der Waals surface area contributed by atoms with Gasteiger partial charge in [0.15, 0.2) is 8.32 Å². The molecular weight excluding hydrogens is 330 g/mol. The Kier molecular flexibility index (Phi) is 4.92. The molecule has 0 amide bonds. The Labute approximate surface area is 151 Å². The molecule has 0 aromatic carbocycles. The number of hydrogen-bond donors (Lipinski definition) is 3. The van der Waals surface area contributed by atoms with Gasteiger partial charge in [-0.25, -0.2) is 9.97 Å². The van der Waals surface area contributed by atoms with Gasteiger partial charge >= 0.3 is 0 Å². The van der Waals surface area contributed by atoms with Gasteiger partial charge < -0.3 is 20.0 Å². The van der Waals surface area contributed by atoms with E-state index in [1.165, 1.54) is 0 Å². The Bertz CT molecular complexity index is 724. The molecule has 0 unspecified atom stereocenters. The number of H-pyrrole nitrogens is 1. The third-order valence-corrected chi connectivity index (χ3v) is 10.2. The minimum absolute atomic E-state index is 0.218. The molecule has 0 radical (unpaired) electrons. The average molecular weight is 362 g/mol. The summed E-state index contributed by atoms with van der Waals surface area (Å²) in [6.07, 6.45) is 4.70. The van der Waals surface area contributed by atoms with Crippen LogP contribution in [0.2, 0.25) is 18.1 Å². The number of hydrogen-bond acceptors (Lipinski definition) is 5. The van der Waals surface area contributed by atoms with Crippen molar-refractivity contribution in [1.82, 2.24) is 20.3 Å². The summed E-state index contributed by atoms with van der Waals surface area (Å²) in [4.78, 5) is 11.8. The summed E-state index contributed by atoms with van der Waals surface area (Å²) in [5, 5.41) is 8.44. The number of aromatic nitrogens is 3. The molecule has 0 saturated carbocycles. The van der Waals surface area contributed by atoms with Crippen LogP contribution in [0, 0.1) is 0 Å². The molecule has 1 fully saturated rings. The summed E-state index contributed by atoms with van der Waals surface area (Å²) >= 11 is 0. The molecular formula is C18H31N5OSi. The lowest BCUT2D eigenvalue weighted by molar-refractivity contribution is 0.107. The maximum Gasteiger partial charge on any atom is 0.192 e. The summed E-state index contributed by atoms with van der Waals surface area (Å²) in [5.74, 6) is 0.888. The van der Waals surface area contributed by atoms with Gasteiger partial charge in [0.1, 0.15) is 17.8 Å². The molecule has 0 bridgehead atoms. The van der Waals surface area contributed by atoms with Gasteiger partial charge in [-0.2, -0.15) is 0 Å². The van der Waals surface area contributed by atoms with Crippen LogP contribution in [-0.4, -0.2) is 48.0 Å². The highest BCUT2D eigenvalue weighted by Crippen LogP contribution is 2.38. The fraction of sp³-hybridized carbons (Fsp3) is 0.667. The second-order valence-corrected chi connectivity index (χ2v) is 13.4. The number of piperidine rings is 1. The van der Waals surface area contributed by atoms with Crippen LogP contribution in [0.25, 0.3) is 11.0 Å². The van der Waals surface area contributed by atoms with E-state index in [1.807, 2.05) is 12.3 Å². The van der Waals surface area contributed by atoms with E-state index >= 15 is 0 Å². The van der Waals surface area contributed by atoms with Gasteiger partial charge in [0, 0.05) is 24.8 Å². The minimum Gasteiger partial charge on any atom is -0.412 e. The van der Waals surface area contributed by atoms with Gasteiger partial charge in [-0.3, -0.25) is 0 Å². The average Bonchev–Trinajstić information content (AvgIpc) is 2.99. The Balaban J connectivity index is 1.71. The Morgan fingerprint density at radius 2 is 2.04 bits per heavy atom. The van der Waals surface area contributed by atoms with E-state index in [4.69, 9.17) is 4.43 Å². The van der Waals surface area contributed by atoms with E-state index in [0.29, 0.717) is 12.1 Å². The van der Waals surface area contributed by atoms with Crippen molar-refractivity contribution in [3.8, 4) is 0 Å². The molecule has 2 aromatic heterocycles. The van der Waals surface area contributed by atoms with E-state index in [-0.39, 0.29) is 11.1 Å². The summed E-state index contributed by atoms with van der Waals surface area (Å²) in [5.41, 5.74) is 0.865. The Morgan fingerprint density at radius 1 is 1.28 bits per heavy atom. The lowest BCUT2D eigenvalue weighted by Gasteiger charge is -2.44. The standard InChI is InChI=1S/C18H31N5OSi/c1-12-15(24-25(5,6)18(2,3)4)9-13(10-20-12)23-17-14-7-8-19-16(14)21-11-22-17/h7-8,11-13,15,20H,9-10H2,1-6H3,(H2,19,21,22,23)/t12-,13+,15-/m0/s1. The maximum absolute atomic E-state index is 6.69. The monoisotopic (exact) mass is 361 g/mol. The van der Waals surface area contributed by atoms with Crippen molar-refractivity contribution in [2.75, 3.05) is 11.9 Å². The predicted octanol–water partition coefficient (Wildman–Crippen LogP) is 3.51. The molecule has 7 heteroatoms. The van der Waals surface area contributed by atoms with Gasteiger partial charge in [0.25, 0.3) is 0 Å². The number of nitrogens with one attached hydrogen (secondary N) is 3. The quantitative estimate of drug-likeness (QED) is 0.727. The van der Waals surface area contributed by atoms with E-state index in [9.17, 15) is 0 Å². The van der Waals surface area contributed by atoms with E-state index < -0.39 is 8.32 Å². The van der Waals surface area contributed by atoms with Gasteiger partial charge in [-0.1, -0.05) is 20.8 Å². The molecule has 1 saturated heterocycles. The fourth-order valence-electron chi connectivity index (χ4n) is 3.02. The van der Waals surface area contributed by atoms with Crippen molar-refractivity contribution in [2.24, 2.45) is 0 Å². The zero-order chi connectivity index (χ0) is 18.2. The molecule has 0 spiro atoms. The highest BCUT2D eigenvalue weighted by molar-refractivity contribution is 6.74. The number of nitrogens with zero attached hydrogens (tertiary/aromatic N) is 2. The van der Waals surface area contributed by atoms with Crippen molar-refractivity contribution in [1.29, 1.82) is 0 Å². The largest absolute Gasteiger partial charge is 0.412 e. The molecule has 0 aliphatic carbocycles. The Hall–Kier alpha value is -1.44. The molecule has 3 atom stereocenters. The highest BCUT2D eigenvalue weighted by Gasteiger charge is 2.41. The maximum atomic E-state index is 6.69. The summed E-state index contributed by atoms with van der Waals surface area (Å²) in [6, 6.07) is 2.67. The first-order valence-electron chi connectivity index (χ1n) is 9.13. The second kappa shape index (κ2) is 6.70. The summed E-state index contributed by atoms with van der Waals surface area (Å²) in [6.45, 7) is 14.7. The zero-order valence-corrected chi connectivity index (χ0v) is 17.2. The molecule has 3 rings (SSSR count). The van der Waals surface area contributed by atoms with Crippen LogP contribution in [0.3, 0.4) is 0 Å². The van der Waals surface area contributed by atoms with Crippen molar-refractivity contribution in [2.45, 2.75) is 70.4 Å². The van der Waals surface area contributed by atoms with Crippen LogP contribution in [0.1, 0.15) is 34.1 Å². The Morgan fingerprint density at radius 3 is 2.76 bits per heavy atom. The van der Waals surface area contributed by atoms with E-state index in [0.717, 1.165) is 29.8 Å². The van der Waals surface area contributed by atoms with Crippen LogP contribution < -0.4 is 10.6 Å². The first-order chi connectivity index (χ1) is 11.7. The lowest BCUT2D eigenvalue weighted by atomic mass is 9.99. The van der Waals surface area contributed by atoms with Gasteiger partial charge in [0.05, 0.1) is 11.5 Å². The fourth-order valence-corrected chi connectivity index (χ4v) is 4.43. The van der Waals surface area contributed by atoms with Crippen molar-refractivity contribution in [3.63, 3.8) is 0 Å². The minimum atomic E-state index is -1.79. The number of aromatic amines is 1. The summed E-state index contributed by atoms with van der Waals surface area (Å²) in [7, 11) is -1.79.